The lowest BCUT2D eigenvalue weighted by atomic mass is 10.2. The average molecular weight is 203 g/mol. The molecule has 1 rings (SSSR count). The van der Waals surface area contributed by atoms with Gasteiger partial charge in [-0.25, -0.2) is 0 Å². The molecule has 0 saturated heterocycles. The molecule has 76 valence electrons. The van der Waals surface area contributed by atoms with Crippen molar-refractivity contribution in [2.75, 3.05) is 13.7 Å². The Morgan fingerprint density at radius 3 is 3.07 bits per heavy atom. The number of hydrogen-bond donors (Lipinski definition) is 1. The molecule has 0 heterocycles. The molecule has 0 radical (unpaired) electrons. The molecule has 0 amide bonds. The van der Waals surface area contributed by atoms with Crippen LogP contribution in [-0.2, 0) is 0 Å². The Balaban J connectivity index is 2.90. The second-order valence-electron chi connectivity index (χ2n) is 2.57. The summed E-state index contributed by atoms with van der Waals surface area (Å²) in [5.41, 5.74) is 8.47. The highest BCUT2D eigenvalue weighted by Gasteiger charge is 1.99. The highest BCUT2D eigenvalue weighted by atomic mass is 16.5. The number of ether oxygens (including phenoxy) is 1. The number of azide groups is 1. The Labute approximate surface area is 86.9 Å². The van der Waals surface area contributed by atoms with E-state index in [1.807, 2.05) is 0 Å². The van der Waals surface area contributed by atoms with Crippen molar-refractivity contribution in [2.45, 2.75) is 0 Å². The van der Waals surface area contributed by atoms with E-state index in [4.69, 9.17) is 10.3 Å². The normalized spacial score (nSPS) is 8.33. The maximum atomic E-state index is 9.43. The monoisotopic (exact) mass is 203 g/mol. The summed E-state index contributed by atoms with van der Waals surface area (Å²) in [5.74, 6) is 5.97. The lowest BCUT2D eigenvalue weighted by molar-refractivity contribution is 0.412. The Morgan fingerprint density at radius 2 is 2.40 bits per heavy atom. The van der Waals surface area contributed by atoms with E-state index in [-0.39, 0.29) is 12.3 Å². The van der Waals surface area contributed by atoms with Gasteiger partial charge in [0.1, 0.15) is 11.5 Å². The molecule has 15 heavy (non-hydrogen) atoms. The summed E-state index contributed by atoms with van der Waals surface area (Å²) in [6.45, 7) is 0.0765. The van der Waals surface area contributed by atoms with Gasteiger partial charge in [0.15, 0.2) is 0 Å². The number of nitrogens with zero attached hydrogens (tertiary/aromatic N) is 3. The molecule has 0 spiro atoms. The minimum absolute atomic E-state index is 0.0734. The predicted molar refractivity (Wildman–Crippen MR) is 55.5 cm³/mol. The van der Waals surface area contributed by atoms with Gasteiger partial charge in [0.25, 0.3) is 0 Å². The van der Waals surface area contributed by atoms with Gasteiger partial charge in [-0.15, -0.1) is 0 Å². The summed E-state index contributed by atoms with van der Waals surface area (Å²) in [6, 6.07) is 4.74. The van der Waals surface area contributed by atoms with E-state index in [0.29, 0.717) is 11.3 Å². The van der Waals surface area contributed by atoms with Crippen LogP contribution in [0.15, 0.2) is 23.3 Å². The van der Waals surface area contributed by atoms with E-state index in [2.05, 4.69) is 21.9 Å². The van der Waals surface area contributed by atoms with Crippen molar-refractivity contribution < 1.29 is 9.84 Å². The Hall–Kier alpha value is -2.31. The van der Waals surface area contributed by atoms with Crippen molar-refractivity contribution in [1.29, 1.82) is 0 Å². The third-order valence-electron chi connectivity index (χ3n) is 1.64. The van der Waals surface area contributed by atoms with Crippen molar-refractivity contribution >= 4 is 0 Å². The molecule has 0 atom stereocenters. The van der Waals surface area contributed by atoms with Crippen LogP contribution in [0.1, 0.15) is 5.56 Å². The SMILES string of the molecule is COc1ccc(O)c(C#CCN=[N+]=[N-])c1. The summed E-state index contributed by atoms with van der Waals surface area (Å²) in [4.78, 5) is 2.56. The van der Waals surface area contributed by atoms with E-state index in [0.717, 1.165) is 0 Å². The van der Waals surface area contributed by atoms with Crippen LogP contribution in [0.3, 0.4) is 0 Å². The molecule has 0 aliphatic carbocycles. The largest absolute Gasteiger partial charge is 0.507 e. The molecule has 0 aromatic heterocycles. The number of benzene rings is 1. The molecule has 0 aliphatic rings. The fourth-order valence-corrected chi connectivity index (χ4v) is 0.944. The predicted octanol–water partition coefficient (Wildman–Crippen LogP) is 2.06. The van der Waals surface area contributed by atoms with E-state index in [1.165, 1.54) is 13.2 Å². The van der Waals surface area contributed by atoms with Crippen LogP contribution in [0.5, 0.6) is 11.5 Å². The molecule has 1 aromatic rings. The quantitative estimate of drug-likeness (QED) is 0.345. The second kappa shape index (κ2) is 5.43. The molecule has 1 N–H and O–H groups in total. The summed E-state index contributed by atoms with van der Waals surface area (Å²) in [7, 11) is 1.53. The zero-order chi connectivity index (χ0) is 11.1. The molecule has 5 nitrogen and oxygen atoms in total. The first-order valence-corrected chi connectivity index (χ1v) is 4.14. The maximum Gasteiger partial charge on any atom is 0.131 e. The Bertz CT molecular complexity index is 453. The molecule has 0 saturated carbocycles. The van der Waals surface area contributed by atoms with Gasteiger partial charge in [-0.2, -0.15) is 0 Å². The topological polar surface area (TPSA) is 78.2 Å². The highest BCUT2D eigenvalue weighted by Crippen LogP contribution is 2.21. The number of hydrogen-bond acceptors (Lipinski definition) is 3. The van der Waals surface area contributed by atoms with E-state index >= 15 is 0 Å². The van der Waals surface area contributed by atoms with E-state index in [1.54, 1.807) is 12.1 Å². The van der Waals surface area contributed by atoms with Crippen LogP contribution in [0.2, 0.25) is 0 Å². The Kier molecular flexibility index (Phi) is 3.90. The number of methoxy groups -OCH3 is 1. The maximum absolute atomic E-state index is 9.43. The third kappa shape index (κ3) is 3.14. The molecule has 0 bridgehead atoms. The van der Waals surface area contributed by atoms with Crippen molar-refractivity contribution in [3.8, 4) is 23.3 Å². The van der Waals surface area contributed by atoms with Gasteiger partial charge in [-0.05, 0) is 23.7 Å². The molecule has 0 aliphatic heterocycles. The molecule has 0 fully saturated rings. The van der Waals surface area contributed by atoms with Crippen LogP contribution >= 0.6 is 0 Å². The zero-order valence-corrected chi connectivity index (χ0v) is 8.14. The van der Waals surface area contributed by atoms with Gasteiger partial charge < -0.3 is 9.84 Å². The minimum atomic E-state index is 0.0734. The smallest absolute Gasteiger partial charge is 0.131 e. The van der Waals surface area contributed by atoms with Crippen LogP contribution in [0, 0.1) is 11.8 Å². The highest BCUT2D eigenvalue weighted by molar-refractivity contribution is 5.49. The summed E-state index contributed by atoms with van der Waals surface area (Å²) < 4.78 is 4.98. The lowest BCUT2D eigenvalue weighted by Crippen LogP contribution is -1.84. The first kappa shape index (κ1) is 10.8. The Morgan fingerprint density at radius 1 is 1.60 bits per heavy atom. The van der Waals surface area contributed by atoms with Crippen molar-refractivity contribution in [2.24, 2.45) is 5.11 Å². The van der Waals surface area contributed by atoms with Crippen LogP contribution < -0.4 is 4.74 Å². The van der Waals surface area contributed by atoms with Crippen LogP contribution in [0.4, 0.5) is 0 Å². The summed E-state index contributed by atoms with van der Waals surface area (Å²) >= 11 is 0. The summed E-state index contributed by atoms with van der Waals surface area (Å²) in [5, 5.41) is 12.7. The van der Waals surface area contributed by atoms with Crippen LogP contribution in [-0.4, -0.2) is 18.8 Å². The standard InChI is InChI=1S/C10H9N3O2/c1-15-9-4-5-10(14)8(7-9)3-2-6-12-13-11/h4-5,7,14H,6H2,1H3. The second-order valence-corrected chi connectivity index (χ2v) is 2.57. The third-order valence-corrected chi connectivity index (χ3v) is 1.64. The summed E-state index contributed by atoms with van der Waals surface area (Å²) in [6.07, 6.45) is 0. The molecular weight excluding hydrogens is 194 g/mol. The zero-order valence-electron chi connectivity index (χ0n) is 8.14. The van der Waals surface area contributed by atoms with Crippen molar-refractivity contribution in [3.63, 3.8) is 0 Å². The van der Waals surface area contributed by atoms with Gasteiger partial charge in [-0.1, -0.05) is 17.0 Å². The van der Waals surface area contributed by atoms with Gasteiger partial charge >= 0.3 is 0 Å². The van der Waals surface area contributed by atoms with Gasteiger partial charge in [0, 0.05) is 4.91 Å². The average Bonchev–Trinajstić information content (AvgIpc) is 2.26. The van der Waals surface area contributed by atoms with Gasteiger partial charge in [0.05, 0.1) is 19.2 Å². The van der Waals surface area contributed by atoms with Crippen molar-refractivity contribution in [3.05, 3.63) is 34.2 Å². The minimum Gasteiger partial charge on any atom is -0.507 e. The first-order valence-electron chi connectivity index (χ1n) is 4.14. The molecule has 0 unspecified atom stereocenters. The lowest BCUT2D eigenvalue weighted by Gasteiger charge is -2.01. The van der Waals surface area contributed by atoms with Crippen molar-refractivity contribution in [1.82, 2.24) is 0 Å². The molecular formula is C10H9N3O2. The number of phenols is 1. The number of phenolic OH excluding ortho intramolecular Hbond substituents is 1. The molecule has 5 heteroatoms. The first-order chi connectivity index (χ1) is 7.27. The fraction of sp³-hybridized carbons (Fsp3) is 0.200. The van der Waals surface area contributed by atoms with E-state index in [9.17, 15) is 5.11 Å². The van der Waals surface area contributed by atoms with Gasteiger partial charge in [-0.3, -0.25) is 0 Å². The van der Waals surface area contributed by atoms with E-state index < -0.39 is 0 Å². The molecule has 1 aromatic carbocycles. The fourth-order valence-electron chi connectivity index (χ4n) is 0.944. The van der Waals surface area contributed by atoms with Crippen LogP contribution in [0.25, 0.3) is 10.4 Å². The number of rotatable bonds is 2. The van der Waals surface area contributed by atoms with Gasteiger partial charge in [0.2, 0.25) is 0 Å². The number of aromatic hydroxyl groups is 1.